The minimum Gasteiger partial charge on any atom is -0.383 e. The average Bonchev–Trinajstić information content (AvgIpc) is 2.80. The lowest BCUT2D eigenvalue weighted by Crippen LogP contribution is -2.15. The van der Waals surface area contributed by atoms with Crippen molar-refractivity contribution in [2.24, 2.45) is 16.5 Å². The van der Waals surface area contributed by atoms with Crippen LogP contribution in [0.25, 0.3) is 11.0 Å². The van der Waals surface area contributed by atoms with E-state index in [1.54, 1.807) is 12.3 Å². The second-order valence-electron chi connectivity index (χ2n) is 3.67. The highest BCUT2D eigenvalue weighted by Crippen LogP contribution is 2.20. The van der Waals surface area contributed by atoms with Crippen LogP contribution in [0.1, 0.15) is 5.56 Å². The van der Waals surface area contributed by atoms with Gasteiger partial charge in [-0.1, -0.05) is 34.2 Å². The van der Waals surface area contributed by atoms with Crippen LogP contribution in [0, 0.1) is 0 Å². The normalized spacial score (nSPS) is 13.7. The van der Waals surface area contributed by atoms with E-state index >= 15 is 0 Å². The van der Waals surface area contributed by atoms with Crippen molar-refractivity contribution in [3.05, 3.63) is 40.7 Å². The number of H-pyrrole nitrogens is 1. The summed E-state index contributed by atoms with van der Waals surface area (Å²) < 4.78 is 13.4. The molecule has 100 valence electrons. The number of allylic oxidation sites excluding steroid dienone is 1. The molecule has 0 aliphatic heterocycles. The third-order valence-corrected chi connectivity index (χ3v) is 3.29. The zero-order valence-electron chi connectivity index (χ0n) is 9.62. The van der Waals surface area contributed by atoms with Crippen molar-refractivity contribution in [3.63, 3.8) is 0 Å². The Kier molecular flexibility index (Phi) is 4.25. The molecule has 0 saturated carbocycles. The number of alkyl halides is 1. The molecular formula is C11H10ClFIN5. The van der Waals surface area contributed by atoms with Crippen LogP contribution in [-0.4, -0.2) is 20.2 Å². The van der Waals surface area contributed by atoms with Gasteiger partial charge < -0.3 is 16.5 Å². The number of rotatable bonds is 3. The van der Waals surface area contributed by atoms with Crippen LogP contribution in [0.15, 0.2) is 35.1 Å². The zero-order valence-corrected chi connectivity index (χ0v) is 12.5. The first-order valence-electron chi connectivity index (χ1n) is 5.20. The van der Waals surface area contributed by atoms with Crippen LogP contribution in [0.4, 0.5) is 4.39 Å². The summed E-state index contributed by atoms with van der Waals surface area (Å²) in [4.78, 5) is 10.9. The van der Waals surface area contributed by atoms with E-state index in [-0.39, 0.29) is 16.1 Å². The lowest BCUT2D eigenvalue weighted by molar-refractivity contribution is 0.631. The Morgan fingerprint density at radius 1 is 1.53 bits per heavy atom. The summed E-state index contributed by atoms with van der Waals surface area (Å²) in [5.41, 5.74) is 12.5. The molecule has 0 radical (unpaired) electrons. The molecule has 0 unspecified atom stereocenters. The summed E-state index contributed by atoms with van der Waals surface area (Å²) in [7, 11) is 0. The summed E-state index contributed by atoms with van der Waals surface area (Å²) in [5, 5.41) is 1.18. The largest absolute Gasteiger partial charge is 0.383 e. The van der Waals surface area contributed by atoms with Crippen LogP contribution in [0.5, 0.6) is 0 Å². The molecule has 0 spiro atoms. The Labute approximate surface area is 127 Å². The molecule has 0 amide bonds. The summed E-state index contributed by atoms with van der Waals surface area (Å²) in [6.45, 7) is 0. The number of aliphatic imine (C=N–C) groups is 1. The lowest BCUT2D eigenvalue weighted by Gasteiger charge is -2.00. The molecule has 0 aliphatic carbocycles. The van der Waals surface area contributed by atoms with Gasteiger partial charge in [0.05, 0.1) is 9.45 Å². The van der Waals surface area contributed by atoms with E-state index in [0.29, 0.717) is 21.6 Å². The van der Waals surface area contributed by atoms with E-state index in [0.717, 1.165) is 0 Å². The maximum Gasteiger partial charge on any atom is 0.158 e. The van der Waals surface area contributed by atoms with Crippen molar-refractivity contribution in [2.75, 3.05) is 4.43 Å². The minimum atomic E-state index is -0.514. The SMILES string of the molecule is N/C(=N\C(N)=C(\F)CI)c1c[nH]c2ncc(Cl)cc12. The van der Waals surface area contributed by atoms with Gasteiger partial charge in [0.15, 0.2) is 11.6 Å². The van der Waals surface area contributed by atoms with Gasteiger partial charge >= 0.3 is 0 Å². The molecule has 19 heavy (non-hydrogen) atoms. The van der Waals surface area contributed by atoms with Crippen molar-refractivity contribution in [1.29, 1.82) is 0 Å². The maximum atomic E-state index is 13.2. The van der Waals surface area contributed by atoms with Crippen molar-refractivity contribution in [2.45, 2.75) is 0 Å². The number of halogens is 3. The number of aromatic amines is 1. The molecule has 2 heterocycles. The number of hydrogen-bond acceptors (Lipinski definition) is 3. The molecule has 2 aromatic rings. The number of nitrogens with zero attached hydrogens (tertiary/aromatic N) is 2. The van der Waals surface area contributed by atoms with Gasteiger partial charge in [0.2, 0.25) is 0 Å². The zero-order chi connectivity index (χ0) is 14.0. The van der Waals surface area contributed by atoms with Crippen LogP contribution < -0.4 is 11.5 Å². The first-order valence-corrected chi connectivity index (χ1v) is 7.10. The van der Waals surface area contributed by atoms with Gasteiger partial charge in [0.25, 0.3) is 0 Å². The van der Waals surface area contributed by atoms with Crippen molar-refractivity contribution < 1.29 is 4.39 Å². The van der Waals surface area contributed by atoms with Crippen molar-refractivity contribution in [1.82, 2.24) is 9.97 Å². The van der Waals surface area contributed by atoms with Gasteiger partial charge in [-0.3, -0.25) is 0 Å². The summed E-state index contributed by atoms with van der Waals surface area (Å²) in [6, 6.07) is 1.70. The molecule has 0 bridgehead atoms. The Morgan fingerprint density at radius 2 is 2.26 bits per heavy atom. The smallest absolute Gasteiger partial charge is 0.158 e. The predicted molar refractivity (Wildman–Crippen MR) is 83.0 cm³/mol. The van der Waals surface area contributed by atoms with Crippen LogP contribution >= 0.6 is 34.2 Å². The number of nitrogens with one attached hydrogen (secondary N) is 1. The van der Waals surface area contributed by atoms with E-state index in [4.69, 9.17) is 23.1 Å². The first kappa shape index (κ1) is 14.1. The van der Waals surface area contributed by atoms with E-state index in [1.165, 1.54) is 6.20 Å². The standard InChI is InChI=1S/C11H10ClFIN5/c12-5-1-6-7(4-18-11(6)17-3-5)9(15)19-10(16)8(13)2-14/h1,3-4H,2,16H2,(H2,15,19)(H,17,18)/b10-8+. The topological polar surface area (TPSA) is 93.1 Å². The number of nitrogens with two attached hydrogens (primary N) is 2. The summed E-state index contributed by atoms with van der Waals surface area (Å²) in [6.07, 6.45) is 3.14. The molecule has 5 N–H and O–H groups in total. The van der Waals surface area contributed by atoms with Crippen LogP contribution in [0.2, 0.25) is 5.02 Å². The van der Waals surface area contributed by atoms with Gasteiger partial charge in [-0.15, -0.1) is 0 Å². The van der Waals surface area contributed by atoms with Crippen molar-refractivity contribution >= 4 is 51.1 Å². The number of pyridine rings is 1. The average molecular weight is 394 g/mol. The number of aromatic nitrogens is 2. The maximum absolute atomic E-state index is 13.2. The molecule has 0 aromatic carbocycles. The highest BCUT2D eigenvalue weighted by molar-refractivity contribution is 14.1. The molecule has 2 rings (SSSR count). The highest BCUT2D eigenvalue weighted by Gasteiger charge is 2.10. The van der Waals surface area contributed by atoms with E-state index in [1.807, 2.05) is 22.6 Å². The van der Waals surface area contributed by atoms with Gasteiger partial charge in [-0.2, -0.15) is 0 Å². The van der Waals surface area contributed by atoms with Gasteiger partial charge in [-0.05, 0) is 6.07 Å². The van der Waals surface area contributed by atoms with E-state index in [9.17, 15) is 4.39 Å². The fourth-order valence-corrected chi connectivity index (χ4v) is 2.06. The van der Waals surface area contributed by atoms with Crippen LogP contribution in [0.3, 0.4) is 0 Å². The summed E-state index contributed by atoms with van der Waals surface area (Å²) in [5.74, 6) is -0.636. The molecular weight excluding hydrogens is 384 g/mol. The Balaban J connectivity index is 2.50. The fraction of sp³-hybridized carbons (Fsp3) is 0.0909. The second-order valence-corrected chi connectivity index (χ2v) is 4.87. The van der Waals surface area contributed by atoms with Gasteiger partial charge in [-0.25, -0.2) is 14.4 Å². The third kappa shape index (κ3) is 2.98. The molecule has 0 aliphatic rings. The first-order chi connectivity index (χ1) is 9.02. The number of fused-ring (bicyclic) bond motifs is 1. The summed E-state index contributed by atoms with van der Waals surface area (Å²) >= 11 is 7.73. The quantitative estimate of drug-likeness (QED) is 0.324. The van der Waals surface area contributed by atoms with Gasteiger partial charge in [0.1, 0.15) is 11.5 Å². The molecule has 5 nitrogen and oxygen atoms in total. The Morgan fingerprint density at radius 3 is 2.95 bits per heavy atom. The lowest BCUT2D eigenvalue weighted by atomic mass is 10.2. The van der Waals surface area contributed by atoms with E-state index in [2.05, 4.69) is 15.0 Å². The third-order valence-electron chi connectivity index (χ3n) is 2.41. The molecule has 2 aromatic heterocycles. The minimum absolute atomic E-state index is 0.104. The molecule has 0 fully saturated rings. The number of amidine groups is 1. The predicted octanol–water partition coefficient (Wildman–Crippen LogP) is 2.45. The van der Waals surface area contributed by atoms with E-state index < -0.39 is 5.83 Å². The van der Waals surface area contributed by atoms with Crippen LogP contribution in [-0.2, 0) is 0 Å². The highest BCUT2D eigenvalue weighted by atomic mass is 127. The Bertz CT molecular complexity index is 679. The Hall–Kier alpha value is -1.35. The molecule has 0 saturated heterocycles. The van der Waals surface area contributed by atoms with Crippen molar-refractivity contribution in [3.8, 4) is 0 Å². The number of hydrogen-bond donors (Lipinski definition) is 3. The monoisotopic (exact) mass is 393 g/mol. The fourth-order valence-electron chi connectivity index (χ4n) is 1.51. The van der Waals surface area contributed by atoms with Gasteiger partial charge in [0, 0.05) is 23.3 Å². The molecule has 0 atom stereocenters. The second kappa shape index (κ2) is 5.74. The molecule has 8 heteroatoms.